The topological polar surface area (TPSA) is 93.7 Å². The van der Waals surface area contributed by atoms with Crippen LogP contribution in [0.25, 0.3) is 0 Å². The van der Waals surface area contributed by atoms with E-state index in [4.69, 9.17) is 16.3 Å². The molecule has 0 unspecified atom stereocenters. The van der Waals surface area contributed by atoms with Crippen LogP contribution in [0.1, 0.15) is 20.7 Å². The van der Waals surface area contributed by atoms with Gasteiger partial charge in [0.25, 0.3) is 11.8 Å². The smallest absolute Gasteiger partial charge is 0.387 e. The Morgan fingerprint density at radius 2 is 1.84 bits per heavy atom. The highest BCUT2D eigenvalue weighted by molar-refractivity contribution is 7.08. The highest BCUT2D eigenvalue weighted by atomic mass is 35.5. The largest absolute Gasteiger partial charge is 0.452 e. The molecule has 2 aromatic carbocycles. The van der Waals surface area contributed by atoms with Crippen LogP contribution >= 0.6 is 22.9 Å². The summed E-state index contributed by atoms with van der Waals surface area (Å²) in [6.45, 7) is -3.66. The first-order valence-electron chi connectivity index (χ1n) is 8.97. The molecule has 166 valence electrons. The van der Waals surface area contributed by atoms with Crippen molar-refractivity contribution in [3.63, 3.8) is 0 Å². The first kappa shape index (κ1) is 23.2. The highest BCUT2D eigenvalue weighted by Gasteiger charge is 2.17. The third-order valence-corrected chi connectivity index (χ3v) is 4.92. The number of para-hydroxylation sites is 1. The van der Waals surface area contributed by atoms with Crippen molar-refractivity contribution in [2.45, 2.75) is 6.61 Å². The second-order valence-electron chi connectivity index (χ2n) is 6.16. The molecule has 1 aromatic heterocycles. The Bertz CT molecular complexity index is 1130. The number of esters is 1. The molecule has 0 aliphatic heterocycles. The molecule has 0 radical (unpaired) electrons. The van der Waals surface area contributed by atoms with Crippen molar-refractivity contribution in [2.24, 2.45) is 0 Å². The Morgan fingerprint density at radius 1 is 1.06 bits per heavy atom. The van der Waals surface area contributed by atoms with E-state index >= 15 is 0 Å². The number of hydrogen-bond donors (Lipinski definition) is 2. The summed E-state index contributed by atoms with van der Waals surface area (Å²) < 4.78 is 33.8. The van der Waals surface area contributed by atoms with E-state index in [0.717, 1.165) is 0 Å². The molecule has 0 fully saturated rings. The minimum absolute atomic E-state index is 0.0698. The standard InChI is InChI=1S/C21H15ClF2N2O5S/c22-15-9-13(5-6-17(15)31-21(23)24)25-18(27)10-30-20(29)14-3-1-2-4-16(14)26-19(28)12-7-8-32-11-12/h1-9,11,21H,10H2,(H,25,27)(H,26,28). The van der Waals surface area contributed by atoms with Crippen LogP contribution in [0.3, 0.4) is 0 Å². The van der Waals surface area contributed by atoms with Crippen molar-refractivity contribution in [1.82, 2.24) is 0 Å². The second kappa shape index (κ2) is 10.7. The predicted octanol–water partition coefficient (Wildman–Crippen LogP) is 5.05. The molecular formula is C21H15ClF2N2O5S. The monoisotopic (exact) mass is 480 g/mol. The van der Waals surface area contributed by atoms with Crippen LogP contribution in [0.15, 0.2) is 59.3 Å². The molecule has 2 N–H and O–H groups in total. The lowest BCUT2D eigenvalue weighted by Gasteiger charge is -2.11. The first-order chi connectivity index (χ1) is 15.3. The maximum Gasteiger partial charge on any atom is 0.387 e. The van der Waals surface area contributed by atoms with Gasteiger partial charge in [0.1, 0.15) is 5.75 Å². The van der Waals surface area contributed by atoms with Crippen LogP contribution in [0.2, 0.25) is 5.02 Å². The van der Waals surface area contributed by atoms with Crippen LogP contribution in [0.5, 0.6) is 5.75 Å². The molecule has 3 aromatic rings. The number of ether oxygens (including phenoxy) is 2. The Balaban J connectivity index is 1.58. The van der Waals surface area contributed by atoms with Gasteiger partial charge in [0.15, 0.2) is 6.61 Å². The molecule has 2 amide bonds. The van der Waals surface area contributed by atoms with Crippen LogP contribution < -0.4 is 15.4 Å². The molecule has 3 rings (SSSR count). The Morgan fingerprint density at radius 3 is 2.53 bits per heavy atom. The number of carbonyl (C=O) groups excluding carboxylic acids is 3. The Labute approximate surface area is 189 Å². The van der Waals surface area contributed by atoms with E-state index in [-0.39, 0.29) is 33.6 Å². The van der Waals surface area contributed by atoms with Gasteiger partial charge in [-0.25, -0.2) is 4.79 Å². The fraction of sp³-hybridized carbons (Fsp3) is 0.0952. The first-order valence-corrected chi connectivity index (χ1v) is 10.3. The van der Waals surface area contributed by atoms with Crippen molar-refractivity contribution < 1.29 is 32.6 Å². The normalized spacial score (nSPS) is 10.5. The van der Waals surface area contributed by atoms with E-state index in [1.807, 2.05) is 0 Å². The van der Waals surface area contributed by atoms with Gasteiger partial charge < -0.3 is 20.1 Å². The highest BCUT2D eigenvalue weighted by Crippen LogP contribution is 2.29. The van der Waals surface area contributed by atoms with Gasteiger partial charge in [-0.1, -0.05) is 23.7 Å². The molecule has 0 aliphatic rings. The van der Waals surface area contributed by atoms with E-state index in [9.17, 15) is 23.2 Å². The van der Waals surface area contributed by atoms with Crippen LogP contribution in [-0.2, 0) is 9.53 Å². The van der Waals surface area contributed by atoms with Crippen LogP contribution in [0.4, 0.5) is 20.2 Å². The molecule has 7 nitrogen and oxygen atoms in total. The van der Waals surface area contributed by atoms with E-state index in [1.165, 1.54) is 41.7 Å². The van der Waals surface area contributed by atoms with Crippen molar-refractivity contribution in [3.05, 3.63) is 75.4 Å². The molecule has 0 atom stereocenters. The average molecular weight is 481 g/mol. The van der Waals surface area contributed by atoms with E-state index in [0.29, 0.717) is 5.56 Å². The zero-order valence-electron chi connectivity index (χ0n) is 16.1. The van der Waals surface area contributed by atoms with E-state index in [1.54, 1.807) is 29.0 Å². The zero-order valence-corrected chi connectivity index (χ0v) is 17.7. The lowest BCUT2D eigenvalue weighted by atomic mass is 10.1. The Kier molecular flexibility index (Phi) is 7.74. The maximum absolute atomic E-state index is 12.4. The quantitative estimate of drug-likeness (QED) is 0.440. The second-order valence-corrected chi connectivity index (χ2v) is 7.35. The number of nitrogens with one attached hydrogen (secondary N) is 2. The van der Waals surface area contributed by atoms with Crippen molar-refractivity contribution in [2.75, 3.05) is 17.2 Å². The van der Waals surface area contributed by atoms with Gasteiger partial charge in [-0.15, -0.1) is 0 Å². The third-order valence-electron chi connectivity index (χ3n) is 3.94. The summed E-state index contributed by atoms with van der Waals surface area (Å²) in [5.74, 6) is -2.13. The van der Waals surface area contributed by atoms with Gasteiger partial charge in [0.2, 0.25) is 0 Å². The maximum atomic E-state index is 12.4. The van der Waals surface area contributed by atoms with Crippen LogP contribution in [-0.4, -0.2) is 31.0 Å². The number of alkyl halides is 2. The average Bonchev–Trinajstić information content (AvgIpc) is 3.29. The number of rotatable bonds is 8. The summed E-state index contributed by atoms with van der Waals surface area (Å²) >= 11 is 7.19. The lowest BCUT2D eigenvalue weighted by molar-refractivity contribution is -0.119. The molecule has 0 bridgehead atoms. The van der Waals surface area contributed by atoms with Crippen molar-refractivity contribution in [3.8, 4) is 5.75 Å². The van der Waals surface area contributed by atoms with Gasteiger partial charge in [-0.05, 0) is 41.8 Å². The summed E-state index contributed by atoms with van der Waals surface area (Å²) in [6.07, 6.45) is 0. The van der Waals surface area contributed by atoms with E-state index in [2.05, 4.69) is 15.4 Å². The fourth-order valence-corrected chi connectivity index (χ4v) is 3.40. The van der Waals surface area contributed by atoms with E-state index < -0.39 is 25.1 Å². The SMILES string of the molecule is O=C(COC(=O)c1ccccc1NC(=O)c1ccsc1)Nc1ccc(OC(F)F)c(Cl)c1. The summed E-state index contributed by atoms with van der Waals surface area (Å²) in [5.41, 5.74) is 0.943. The molecule has 32 heavy (non-hydrogen) atoms. The van der Waals surface area contributed by atoms with Crippen LogP contribution in [0, 0.1) is 0 Å². The van der Waals surface area contributed by atoms with Gasteiger partial charge in [-0.3, -0.25) is 9.59 Å². The van der Waals surface area contributed by atoms with Gasteiger partial charge in [0.05, 0.1) is 21.8 Å². The number of amides is 2. The number of halogens is 3. The number of hydrogen-bond acceptors (Lipinski definition) is 6. The molecule has 0 saturated carbocycles. The molecule has 0 aliphatic carbocycles. The molecule has 1 heterocycles. The number of anilines is 2. The fourth-order valence-electron chi connectivity index (χ4n) is 2.53. The molecular weight excluding hydrogens is 466 g/mol. The number of carbonyl (C=O) groups is 3. The van der Waals surface area contributed by atoms with Gasteiger partial charge >= 0.3 is 12.6 Å². The molecule has 11 heteroatoms. The zero-order chi connectivity index (χ0) is 23.1. The molecule has 0 spiro atoms. The summed E-state index contributed by atoms with van der Waals surface area (Å²) in [7, 11) is 0. The Hall–Kier alpha value is -3.50. The predicted molar refractivity (Wildman–Crippen MR) is 116 cm³/mol. The number of thiophene rings is 1. The summed E-state index contributed by atoms with van der Waals surface area (Å²) in [4.78, 5) is 36.8. The summed E-state index contributed by atoms with van der Waals surface area (Å²) in [5, 5.41) is 8.34. The van der Waals surface area contributed by atoms with Crippen molar-refractivity contribution in [1.29, 1.82) is 0 Å². The number of benzene rings is 2. The van der Waals surface area contributed by atoms with Gasteiger partial charge in [-0.2, -0.15) is 20.1 Å². The molecule has 0 saturated heterocycles. The van der Waals surface area contributed by atoms with Gasteiger partial charge in [0, 0.05) is 11.1 Å². The summed E-state index contributed by atoms with van der Waals surface area (Å²) in [6, 6.07) is 11.5. The lowest BCUT2D eigenvalue weighted by Crippen LogP contribution is -2.22. The minimum Gasteiger partial charge on any atom is -0.452 e. The van der Waals surface area contributed by atoms with Crippen molar-refractivity contribution >= 4 is 52.1 Å². The third kappa shape index (κ3) is 6.25. The minimum atomic E-state index is -3.04.